The van der Waals surface area contributed by atoms with Crippen molar-refractivity contribution in [2.24, 2.45) is 0 Å². The second kappa shape index (κ2) is 6.48. The summed E-state index contributed by atoms with van der Waals surface area (Å²) in [6, 6.07) is 6.20. The maximum absolute atomic E-state index is 12.1. The van der Waals surface area contributed by atoms with E-state index in [1.54, 1.807) is 0 Å². The quantitative estimate of drug-likeness (QED) is 0.798. The molecule has 1 amide bonds. The van der Waals surface area contributed by atoms with Crippen LogP contribution < -0.4 is 16.0 Å². The molecule has 0 aromatic heterocycles. The van der Waals surface area contributed by atoms with E-state index >= 15 is 0 Å². The van der Waals surface area contributed by atoms with Gasteiger partial charge < -0.3 is 16.0 Å². The van der Waals surface area contributed by atoms with Crippen molar-refractivity contribution in [3.05, 3.63) is 29.3 Å². The van der Waals surface area contributed by atoms with Crippen LogP contribution in [0.2, 0.25) is 0 Å². The standard InChI is InChI=1S/C17H27N3O/c1-12(16(21)20-17(2,3)4)19-11-14-8-5-7-13-9-6-10-18-15(13)14/h5,7-8,12,18-19H,6,9-11H2,1-4H3,(H,20,21). The molecule has 0 saturated heterocycles. The summed E-state index contributed by atoms with van der Waals surface area (Å²) in [6.45, 7) is 9.63. The van der Waals surface area contributed by atoms with Crippen LogP contribution in [0.4, 0.5) is 5.69 Å². The van der Waals surface area contributed by atoms with E-state index in [1.807, 2.05) is 27.7 Å². The summed E-state index contributed by atoms with van der Waals surface area (Å²) in [5.74, 6) is 0.0419. The molecule has 1 heterocycles. The minimum absolute atomic E-state index is 0.0419. The molecule has 21 heavy (non-hydrogen) atoms. The van der Waals surface area contributed by atoms with Crippen molar-refractivity contribution in [2.75, 3.05) is 11.9 Å². The number of hydrogen-bond acceptors (Lipinski definition) is 3. The predicted molar refractivity (Wildman–Crippen MR) is 87.5 cm³/mol. The Morgan fingerprint density at radius 1 is 1.38 bits per heavy atom. The number of hydrogen-bond donors (Lipinski definition) is 3. The Labute approximate surface area is 127 Å². The molecule has 0 saturated carbocycles. The number of anilines is 1. The van der Waals surface area contributed by atoms with Crippen molar-refractivity contribution in [3.63, 3.8) is 0 Å². The first-order valence-electron chi connectivity index (χ1n) is 7.77. The lowest BCUT2D eigenvalue weighted by atomic mass is 9.99. The Bertz CT molecular complexity index is 505. The zero-order valence-corrected chi connectivity index (χ0v) is 13.5. The topological polar surface area (TPSA) is 53.2 Å². The van der Waals surface area contributed by atoms with Gasteiger partial charge in [0.15, 0.2) is 0 Å². The van der Waals surface area contributed by atoms with Crippen molar-refractivity contribution in [2.45, 2.75) is 58.7 Å². The zero-order valence-electron chi connectivity index (χ0n) is 13.5. The smallest absolute Gasteiger partial charge is 0.237 e. The van der Waals surface area contributed by atoms with E-state index in [2.05, 4.69) is 34.1 Å². The monoisotopic (exact) mass is 289 g/mol. The number of carbonyl (C=O) groups is 1. The SMILES string of the molecule is CC(NCc1cccc2c1NCCC2)C(=O)NC(C)(C)C. The summed E-state index contributed by atoms with van der Waals surface area (Å²) in [5, 5.41) is 9.80. The molecule has 0 bridgehead atoms. The fraction of sp³-hybridized carbons (Fsp3) is 0.588. The van der Waals surface area contributed by atoms with E-state index in [0.29, 0.717) is 6.54 Å². The number of nitrogens with one attached hydrogen (secondary N) is 3. The molecular formula is C17H27N3O. The van der Waals surface area contributed by atoms with Crippen molar-refractivity contribution in [1.82, 2.24) is 10.6 Å². The van der Waals surface area contributed by atoms with Crippen LogP contribution in [0.3, 0.4) is 0 Å². The van der Waals surface area contributed by atoms with E-state index < -0.39 is 0 Å². The Hall–Kier alpha value is -1.55. The highest BCUT2D eigenvalue weighted by atomic mass is 16.2. The summed E-state index contributed by atoms with van der Waals surface area (Å²) in [7, 11) is 0. The van der Waals surface area contributed by atoms with Gasteiger partial charge in [0.05, 0.1) is 6.04 Å². The number of amides is 1. The lowest BCUT2D eigenvalue weighted by Crippen LogP contribution is -2.49. The minimum Gasteiger partial charge on any atom is -0.385 e. The van der Waals surface area contributed by atoms with Crippen molar-refractivity contribution >= 4 is 11.6 Å². The molecule has 1 aromatic carbocycles. The maximum Gasteiger partial charge on any atom is 0.237 e. The van der Waals surface area contributed by atoms with Crippen LogP contribution in [0.5, 0.6) is 0 Å². The molecule has 1 unspecified atom stereocenters. The van der Waals surface area contributed by atoms with Crippen molar-refractivity contribution < 1.29 is 4.79 Å². The van der Waals surface area contributed by atoms with Crippen LogP contribution in [0.15, 0.2) is 18.2 Å². The van der Waals surface area contributed by atoms with Gasteiger partial charge in [-0.05, 0) is 51.7 Å². The molecule has 2 rings (SSSR count). The van der Waals surface area contributed by atoms with Gasteiger partial charge >= 0.3 is 0 Å². The summed E-state index contributed by atoms with van der Waals surface area (Å²) < 4.78 is 0. The first kappa shape index (κ1) is 15.8. The van der Waals surface area contributed by atoms with Gasteiger partial charge in [0.2, 0.25) is 5.91 Å². The second-order valence-corrected chi connectivity index (χ2v) is 6.82. The molecular weight excluding hydrogens is 262 g/mol. The third-order valence-corrected chi connectivity index (χ3v) is 3.65. The average molecular weight is 289 g/mol. The third-order valence-electron chi connectivity index (χ3n) is 3.65. The lowest BCUT2D eigenvalue weighted by molar-refractivity contribution is -0.124. The summed E-state index contributed by atoms with van der Waals surface area (Å²) in [5.41, 5.74) is 3.68. The number of benzene rings is 1. The van der Waals surface area contributed by atoms with Crippen LogP contribution >= 0.6 is 0 Å². The van der Waals surface area contributed by atoms with Crippen LogP contribution in [0, 0.1) is 0 Å². The van der Waals surface area contributed by atoms with E-state index in [0.717, 1.165) is 13.0 Å². The van der Waals surface area contributed by atoms with Gasteiger partial charge in [-0.2, -0.15) is 0 Å². The first-order chi connectivity index (χ1) is 9.87. The molecule has 116 valence electrons. The number of fused-ring (bicyclic) bond motifs is 1. The summed E-state index contributed by atoms with van der Waals surface area (Å²) >= 11 is 0. The van der Waals surface area contributed by atoms with E-state index in [1.165, 1.54) is 23.2 Å². The van der Waals surface area contributed by atoms with Crippen molar-refractivity contribution in [3.8, 4) is 0 Å². The normalized spacial score (nSPS) is 15.8. The number of carbonyl (C=O) groups excluding carboxylic acids is 1. The second-order valence-electron chi connectivity index (χ2n) is 6.82. The van der Waals surface area contributed by atoms with Gasteiger partial charge in [0, 0.05) is 24.3 Å². The number of rotatable bonds is 4. The van der Waals surface area contributed by atoms with E-state index in [4.69, 9.17) is 0 Å². The van der Waals surface area contributed by atoms with Gasteiger partial charge in [0.25, 0.3) is 0 Å². The fourth-order valence-corrected chi connectivity index (χ4v) is 2.56. The highest BCUT2D eigenvalue weighted by molar-refractivity contribution is 5.81. The maximum atomic E-state index is 12.1. The van der Waals surface area contributed by atoms with Gasteiger partial charge in [-0.3, -0.25) is 4.79 Å². The molecule has 0 radical (unpaired) electrons. The van der Waals surface area contributed by atoms with E-state index in [-0.39, 0.29) is 17.5 Å². The zero-order chi connectivity index (χ0) is 15.5. The molecule has 4 heteroatoms. The average Bonchev–Trinajstić information content (AvgIpc) is 2.42. The van der Waals surface area contributed by atoms with Crippen LogP contribution in [0.25, 0.3) is 0 Å². The summed E-state index contributed by atoms with van der Waals surface area (Å²) in [4.78, 5) is 12.1. The molecule has 1 aliphatic rings. The Balaban J connectivity index is 1.95. The molecule has 1 atom stereocenters. The minimum atomic E-state index is -0.205. The van der Waals surface area contributed by atoms with Crippen molar-refractivity contribution in [1.29, 1.82) is 0 Å². The Kier molecular flexibility index (Phi) is 4.88. The first-order valence-corrected chi connectivity index (χ1v) is 7.77. The van der Waals surface area contributed by atoms with E-state index in [9.17, 15) is 4.79 Å². The third kappa shape index (κ3) is 4.46. The highest BCUT2D eigenvalue weighted by Crippen LogP contribution is 2.25. The van der Waals surface area contributed by atoms with Gasteiger partial charge in [-0.25, -0.2) is 0 Å². The Morgan fingerprint density at radius 3 is 2.86 bits per heavy atom. The Morgan fingerprint density at radius 2 is 2.14 bits per heavy atom. The predicted octanol–water partition coefficient (Wildman–Crippen LogP) is 2.44. The fourth-order valence-electron chi connectivity index (χ4n) is 2.56. The summed E-state index contributed by atoms with van der Waals surface area (Å²) in [6.07, 6.45) is 2.32. The number of aryl methyl sites for hydroxylation is 1. The van der Waals surface area contributed by atoms with Crippen LogP contribution in [-0.2, 0) is 17.8 Å². The van der Waals surface area contributed by atoms with Crippen LogP contribution in [-0.4, -0.2) is 24.0 Å². The molecule has 0 aliphatic carbocycles. The van der Waals surface area contributed by atoms with Gasteiger partial charge in [-0.1, -0.05) is 18.2 Å². The highest BCUT2D eigenvalue weighted by Gasteiger charge is 2.19. The molecule has 1 aromatic rings. The molecule has 0 fully saturated rings. The lowest BCUT2D eigenvalue weighted by Gasteiger charge is -2.25. The molecule has 0 spiro atoms. The van der Waals surface area contributed by atoms with Crippen LogP contribution in [0.1, 0.15) is 45.2 Å². The largest absolute Gasteiger partial charge is 0.385 e. The molecule has 3 N–H and O–H groups in total. The van der Waals surface area contributed by atoms with Gasteiger partial charge in [0.1, 0.15) is 0 Å². The van der Waals surface area contributed by atoms with Gasteiger partial charge in [-0.15, -0.1) is 0 Å². The molecule has 4 nitrogen and oxygen atoms in total. The number of para-hydroxylation sites is 1. The molecule has 1 aliphatic heterocycles.